The molecule has 2 aliphatic carbocycles. The number of rotatable bonds is 5. The van der Waals surface area contributed by atoms with Crippen LogP contribution in [0.2, 0.25) is 0 Å². The van der Waals surface area contributed by atoms with E-state index < -0.39 is 0 Å². The Morgan fingerprint density at radius 1 is 1.12 bits per heavy atom. The molecule has 0 aromatic carbocycles. The smallest absolute Gasteiger partial charge is 0.223 e. The van der Waals surface area contributed by atoms with Crippen LogP contribution in [0.15, 0.2) is 0 Å². The zero-order chi connectivity index (χ0) is 12.1. The summed E-state index contributed by atoms with van der Waals surface area (Å²) in [7, 11) is 0. The van der Waals surface area contributed by atoms with Crippen molar-refractivity contribution in [2.75, 3.05) is 13.1 Å². The lowest BCUT2D eigenvalue weighted by Crippen LogP contribution is -2.34. The quantitative estimate of drug-likeness (QED) is 0.669. The van der Waals surface area contributed by atoms with Crippen LogP contribution in [0.1, 0.15) is 51.4 Å². The van der Waals surface area contributed by atoms with Crippen molar-refractivity contribution in [3.8, 4) is 12.3 Å². The molecule has 17 heavy (non-hydrogen) atoms. The van der Waals surface area contributed by atoms with Crippen LogP contribution >= 0.6 is 0 Å². The standard InChI is InChI=1S/C15H23NO/c1-2-10-16(12-14-8-9-14)15(17)11-13-6-4-3-5-7-13/h1,13-14H,3-12H2. The Morgan fingerprint density at radius 3 is 2.41 bits per heavy atom. The first kappa shape index (κ1) is 12.5. The van der Waals surface area contributed by atoms with Crippen LogP contribution in [0.3, 0.4) is 0 Å². The number of terminal acetylenes is 1. The number of carbonyl (C=O) groups is 1. The Hall–Kier alpha value is -0.970. The highest BCUT2D eigenvalue weighted by Gasteiger charge is 2.27. The molecule has 2 fully saturated rings. The number of hydrogen-bond acceptors (Lipinski definition) is 1. The zero-order valence-electron chi connectivity index (χ0n) is 10.7. The molecule has 2 rings (SSSR count). The molecular weight excluding hydrogens is 210 g/mol. The second kappa shape index (κ2) is 6.10. The molecule has 2 nitrogen and oxygen atoms in total. The summed E-state index contributed by atoms with van der Waals surface area (Å²) < 4.78 is 0. The lowest BCUT2D eigenvalue weighted by Gasteiger charge is -2.25. The van der Waals surface area contributed by atoms with Crippen molar-refractivity contribution < 1.29 is 4.79 Å². The summed E-state index contributed by atoms with van der Waals surface area (Å²) in [6, 6.07) is 0. The summed E-state index contributed by atoms with van der Waals surface area (Å²) in [4.78, 5) is 14.1. The van der Waals surface area contributed by atoms with Crippen molar-refractivity contribution in [3.05, 3.63) is 0 Å². The van der Waals surface area contributed by atoms with Crippen LogP contribution in [-0.4, -0.2) is 23.9 Å². The van der Waals surface area contributed by atoms with Crippen molar-refractivity contribution in [3.63, 3.8) is 0 Å². The van der Waals surface area contributed by atoms with Crippen LogP contribution in [0.4, 0.5) is 0 Å². The fourth-order valence-electron chi connectivity index (χ4n) is 2.74. The van der Waals surface area contributed by atoms with Gasteiger partial charge in [0.05, 0.1) is 6.54 Å². The average molecular weight is 233 g/mol. The number of hydrogen-bond donors (Lipinski definition) is 0. The maximum atomic E-state index is 12.2. The van der Waals surface area contributed by atoms with Gasteiger partial charge in [0.1, 0.15) is 0 Å². The summed E-state index contributed by atoms with van der Waals surface area (Å²) >= 11 is 0. The number of nitrogens with zero attached hydrogens (tertiary/aromatic N) is 1. The second-order valence-corrected chi connectivity index (χ2v) is 5.63. The van der Waals surface area contributed by atoms with Gasteiger partial charge in [-0.3, -0.25) is 4.79 Å². The monoisotopic (exact) mass is 233 g/mol. The summed E-state index contributed by atoms with van der Waals surface area (Å²) in [5, 5.41) is 0. The normalized spacial score (nSPS) is 20.9. The van der Waals surface area contributed by atoms with Gasteiger partial charge >= 0.3 is 0 Å². The number of carbonyl (C=O) groups excluding carboxylic acids is 1. The van der Waals surface area contributed by atoms with Crippen LogP contribution in [0, 0.1) is 24.2 Å². The van der Waals surface area contributed by atoms with E-state index in [1.54, 1.807) is 0 Å². The molecule has 0 bridgehead atoms. The molecule has 1 amide bonds. The zero-order valence-corrected chi connectivity index (χ0v) is 10.7. The van der Waals surface area contributed by atoms with E-state index >= 15 is 0 Å². The molecule has 0 spiro atoms. The maximum Gasteiger partial charge on any atom is 0.223 e. The molecule has 0 unspecified atom stereocenters. The minimum atomic E-state index is 0.293. The highest BCUT2D eigenvalue weighted by Crippen LogP contribution is 2.31. The molecule has 0 heterocycles. The fourth-order valence-corrected chi connectivity index (χ4v) is 2.74. The first-order valence-corrected chi connectivity index (χ1v) is 7.01. The molecule has 0 N–H and O–H groups in total. The van der Waals surface area contributed by atoms with E-state index in [1.807, 2.05) is 4.90 Å². The highest BCUT2D eigenvalue weighted by molar-refractivity contribution is 5.76. The molecule has 94 valence electrons. The molecular formula is C15H23NO. The van der Waals surface area contributed by atoms with E-state index in [2.05, 4.69) is 5.92 Å². The molecule has 0 aliphatic heterocycles. The van der Waals surface area contributed by atoms with Gasteiger partial charge in [-0.2, -0.15) is 0 Å². The highest BCUT2D eigenvalue weighted by atomic mass is 16.2. The van der Waals surface area contributed by atoms with Crippen molar-refractivity contribution in [2.24, 2.45) is 11.8 Å². The van der Waals surface area contributed by atoms with Gasteiger partial charge in [-0.15, -0.1) is 6.42 Å². The Bertz CT molecular complexity index is 295. The van der Waals surface area contributed by atoms with Gasteiger partial charge in [0.2, 0.25) is 5.91 Å². The van der Waals surface area contributed by atoms with Gasteiger partial charge in [0, 0.05) is 13.0 Å². The Kier molecular flexibility index (Phi) is 4.48. The summed E-state index contributed by atoms with van der Waals surface area (Å²) in [6.07, 6.45) is 15.1. The van der Waals surface area contributed by atoms with Gasteiger partial charge < -0.3 is 4.90 Å². The van der Waals surface area contributed by atoms with Gasteiger partial charge in [0.25, 0.3) is 0 Å². The number of amides is 1. The largest absolute Gasteiger partial charge is 0.331 e. The van der Waals surface area contributed by atoms with E-state index in [9.17, 15) is 4.79 Å². The SMILES string of the molecule is C#CCN(CC1CC1)C(=O)CC1CCCCC1. The Balaban J connectivity index is 1.79. The van der Waals surface area contributed by atoms with Crippen molar-refractivity contribution in [2.45, 2.75) is 51.4 Å². The summed E-state index contributed by atoms with van der Waals surface area (Å²) in [6.45, 7) is 1.40. The first-order valence-electron chi connectivity index (χ1n) is 7.01. The van der Waals surface area contributed by atoms with Crippen LogP contribution in [0.5, 0.6) is 0 Å². The van der Waals surface area contributed by atoms with Crippen molar-refractivity contribution in [1.29, 1.82) is 0 Å². The van der Waals surface area contributed by atoms with E-state index in [4.69, 9.17) is 6.42 Å². The van der Waals surface area contributed by atoms with Crippen molar-refractivity contribution in [1.82, 2.24) is 4.90 Å². The van der Waals surface area contributed by atoms with E-state index in [0.717, 1.165) is 18.9 Å². The third kappa shape index (κ3) is 4.07. The molecule has 0 aromatic rings. The molecule has 0 radical (unpaired) electrons. The first-order chi connectivity index (χ1) is 8.29. The van der Waals surface area contributed by atoms with E-state index in [-0.39, 0.29) is 0 Å². The predicted molar refractivity (Wildman–Crippen MR) is 69.3 cm³/mol. The van der Waals surface area contributed by atoms with Crippen molar-refractivity contribution >= 4 is 5.91 Å². The fraction of sp³-hybridized carbons (Fsp3) is 0.800. The van der Waals surface area contributed by atoms with Gasteiger partial charge in [0.15, 0.2) is 0 Å². The molecule has 0 saturated heterocycles. The summed E-state index contributed by atoms with van der Waals surface area (Å²) in [5.74, 6) is 4.27. The topological polar surface area (TPSA) is 20.3 Å². The molecule has 0 atom stereocenters. The minimum Gasteiger partial charge on any atom is -0.331 e. The Morgan fingerprint density at radius 2 is 1.82 bits per heavy atom. The molecule has 2 aliphatic rings. The van der Waals surface area contributed by atoms with Crippen LogP contribution in [-0.2, 0) is 4.79 Å². The Labute approximate surface area is 105 Å². The van der Waals surface area contributed by atoms with Gasteiger partial charge in [-0.1, -0.05) is 25.2 Å². The van der Waals surface area contributed by atoms with Crippen LogP contribution in [0.25, 0.3) is 0 Å². The molecule has 0 aromatic heterocycles. The lowest BCUT2D eigenvalue weighted by molar-refractivity contribution is -0.132. The van der Waals surface area contributed by atoms with E-state index in [0.29, 0.717) is 18.4 Å². The average Bonchev–Trinajstić information content (AvgIpc) is 3.14. The third-order valence-corrected chi connectivity index (χ3v) is 4.00. The second-order valence-electron chi connectivity index (χ2n) is 5.63. The van der Waals surface area contributed by atoms with Gasteiger partial charge in [-0.05, 0) is 37.5 Å². The van der Waals surface area contributed by atoms with Crippen LogP contribution < -0.4 is 0 Å². The molecule has 2 heteroatoms. The summed E-state index contributed by atoms with van der Waals surface area (Å²) in [5.41, 5.74) is 0. The third-order valence-electron chi connectivity index (χ3n) is 4.00. The van der Waals surface area contributed by atoms with Gasteiger partial charge in [-0.25, -0.2) is 0 Å². The lowest BCUT2D eigenvalue weighted by atomic mass is 9.86. The predicted octanol–water partition coefficient (Wildman–Crippen LogP) is 2.83. The minimum absolute atomic E-state index is 0.293. The maximum absolute atomic E-state index is 12.2. The molecule has 2 saturated carbocycles. The van der Waals surface area contributed by atoms with E-state index in [1.165, 1.54) is 44.9 Å².